The minimum absolute atomic E-state index is 0.0768. The lowest BCUT2D eigenvalue weighted by atomic mass is 10.1. The molecule has 2 N–H and O–H groups in total. The van der Waals surface area contributed by atoms with Crippen LogP contribution in [0.3, 0.4) is 0 Å². The van der Waals surface area contributed by atoms with E-state index in [4.69, 9.17) is 9.47 Å². The van der Waals surface area contributed by atoms with Crippen LogP contribution in [0.15, 0.2) is 18.2 Å². The van der Waals surface area contributed by atoms with Gasteiger partial charge in [-0.15, -0.1) is 0 Å². The van der Waals surface area contributed by atoms with Crippen molar-refractivity contribution in [2.75, 3.05) is 38.2 Å². The summed E-state index contributed by atoms with van der Waals surface area (Å²) in [5, 5.41) is 17.1. The molecular formula is C17H25N3O5. The van der Waals surface area contributed by atoms with E-state index in [1.807, 2.05) is 6.92 Å². The average Bonchev–Trinajstić information content (AvgIpc) is 3.13. The van der Waals surface area contributed by atoms with Crippen LogP contribution in [-0.4, -0.2) is 49.8 Å². The number of anilines is 1. The number of nitro benzene ring substituents is 1. The number of carbonyl (C=O) groups excluding carboxylic acids is 1. The van der Waals surface area contributed by atoms with Gasteiger partial charge in [-0.05, 0) is 38.3 Å². The van der Waals surface area contributed by atoms with Crippen LogP contribution < -0.4 is 10.6 Å². The number of hydrogen-bond donors (Lipinski definition) is 2. The van der Waals surface area contributed by atoms with Crippen molar-refractivity contribution >= 4 is 17.3 Å². The van der Waals surface area contributed by atoms with E-state index in [2.05, 4.69) is 10.6 Å². The smallest absolute Gasteiger partial charge is 0.293 e. The summed E-state index contributed by atoms with van der Waals surface area (Å²) < 4.78 is 10.7. The highest BCUT2D eigenvalue weighted by atomic mass is 16.6. The first kappa shape index (κ1) is 19.1. The molecule has 0 aromatic heterocycles. The molecule has 0 radical (unpaired) electrons. The van der Waals surface area contributed by atoms with Crippen LogP contribution in [0.1, 0.15) is 36.5 Å². The highest BCUT2D eigenvalue weighted by Gasteiger charge is 2.20. The Morgan fingerprint density at radius 1 is 1.48 bits per heavy atom. The van der Waals surface area contributed by atoms with Crippen LogP contribution in [0, 0.1) is 10.1 Å². The van der Waals surface area contributed by atoms with Gasteiger partial charge in [0.2, 0.25) is 0 Å². The Balaban J connectivity index is 1.94. The molecule has 0 saturated carbocycles. The van der Waals surface area contributed by atoms with Crippen LogP contribution >= 0.6 is 0 Å². The Bertz CT molecular complexity index is 588. The van der Waals surface area contributed by atoms with E-state index < -0.39 is 4.92 Å². The third kappa shape index (κ3) is 5.99. The van der Waals surface area contributed by atoms with Crippen molar-refractivity contribution in [2.45, 2.75) is 32.3 Å². The topological polar surface area (TPSA) is 103 Å². The zero-order valence-electron chi connectivity index (χ0n) is 14.5. The zero-order valence-corrected chi connectivity index (χ0v) is 14.5. The highest BCUT2D eigenvalue weighted by Crippen LogP contribution is 2.26. The molecule has 1 aliphatic rings. The van der Waals surface area contributed by atoms with E-state index in [0.717, 1.165) is 19.4 Å². The molecular weight excluding hydrogens is 326 g/mol. The molecule has 0 spiro atoms. The van der Waals surface area contributed by atoms with E-state index in [1.165, 1.54) is 6.07 Å². The van der Waals surface area contributed by atoms with Gasteiger partial charge in [0.15, 0.2) is 0 Å². The predicted octanol–water partition coefficient (Wildman–Crippen LogP) is 2.34. The van der Waals surface area contributed by atoms with Crippen molar-refractivity contribution < 1.29 is 19.2 Å². The second kappa shape index (κ2) is 9.95. The van der Waals surface area contributed by atoms with Gasteiger partial charge in [-0.1, -0.05) is 0 Å². The standard InChI is InChI=1S/C17H25N3O5/c1-2-24-9-4-8-18-17(21)13-6-7-15(16(11-13)20(22)23)19-12-14-5-3-10-25-14/h6-7,11,14,19H,2-5,8-10,12H2,1H3,(H,18,21). The number of hydrogen-bond acceptors (Lipinski definition) is 6. The van der Waals surface area contributed by atoms with E-state index in [0.29, 0.717) is 38.4 Å². The van der Waals surface area contributed by atoms with Gasteiger partial charge < -0.3 is 20.1 Å². The Morgan fingerprint density at radius 3 is 3.00 bits per heavy atom. The van der Waals surface area contributed by atoms with Crippen molar-refractivity contribution in [3.05, 3.63) is 33.9 Å². The second-order valence-electron chi connectivity index (χ2n) is 5.81. The molecule has 8 heteroatoms. The highest BCUT2D eigenvalue weighted by molar-refractivity contribution is 5.95. The molecule has 1 saturated heterocycles. The zero-order chi connectivity index (χ0) is 18.1. The number of nitrogens with one attached hydrogen (secondary N) is 2. The molecule has 1 aromatic carbocycles. The maximum Gasteiger partial charge on any atom is 0.293 e. The summed E-state index contributed by atoms with van der Waals surface area (Å²) in [6.07, 6.45) is 2.73. The molecule has 1 heterocycles. The monoisotopic (exact) mass is 351 g/mol. The molecule has 2 rings (SSSR count). The minimum atomic E-state index is -0.482. The number of nitro groups is 1. The number of carbonyl (C=O) groups is 1. The molecule has 1 aromatic rings. The normalized spacial score (nSPS) is 16.6. The van der Waals surface area contributed by atoms with Gasteiger partial charge in [0.1, 0.15) is 5.69 Å². The van der Waals surface area contributed by atoms with Gasteiger partial charge in [-0.25, -0.2) is 0 Å². The Morgan fingerprint density at radius 2 is 2.32 bits per heavy atom. The molecule has 25 heavy (non-hydrogen) atoms. The summed E-state index contributed by atoms with van der Waals surface area (Å²) >= 11 is 0. The van der Waals surface area contributed by atoms with Crippen LogP contribution in [0.2, 0.25) is 0 Å². The summed E-state index contributed by atoms with van der Waals surface area (Å²) in [5.74, 6) is -0.328. The fourth-order valence-corrected chi connectivity index (χ4v) is 2.63. The van der Waals surface area contributed by atoms with E-state index in [1.54, 1.807) is 12.1 Å². The van der Waals surface area contributed by atoms with Crippen molar-refractivity contribution in [2.24, 2.45) is 0 Å². The summed E-state index contributed by atoms with van der Waals surface area (Å²) in [5.41, 5.74) is 0.555. The molecule has 1 fully saturated rings. The molecule has 1 atom stereocenters. The summed E-state index contributed by atoms with van der Waals surface area (Å²) in [7, 11) is 0. The van der Waals surface area contributed by atoms with Gasteiger partial charge >= 0.3 is 0 Å². The molecule has 0 bridgehead atoms. The Hall–Kier alpha value is -2.19. The van der Waals surface area contributed by atoms with Gasteiger partial charge in [-0.3, -0.25) is 14.9 Å². The summed E-state index contributed by atoms with van der Waals surface area (Å²) in [4.78, 5) is 22.9. The fourth-order valence-electron chi connectivity index (χ4n) is 2.63. The molecule has 1 unspecified atom stereocenters. The quantitative estimate of drug-likeness (QED) is 0.381. The maximum atomic E-state index is 12.1. The minimum Gasteiger partial charge on any atom is -0.382 e. The van der Waals surface area contributed by atoms with E-state index in [9.17, 15) is 14.9 Å². The van der Waals surface area contributed by atoms with Crippen molar-refractivity contribution in [3.8, 4) is 0 Å². The van der Waals surface area contributed by atoms with Crippen molar-refractivity contribution in [1.29, 1.82) is 0 Å². The van der Waals surface area contributed by atoms with Gasteiger partial charge in [0.25, 0.3) is 11.6 Å². The second-order valence-corrected chi connectivity index (χ2v) is 5.81. The number of nitrogens with zero attached hydrogens (tertiary/aromatic N) is 1. The fraction of sp³-hybridized carbons (Fsp3) is 0.588. The molecule has 8 nitrogen and oxygen atoms in total. The van der Waals surface area contributed by atoms with Crippen LogP contribution in [0.25, 0.3) is 0 Å². The van der Waals surface area contributed by atoms with Crippen LogP contribution in [0.4, 0.5) is 11.4 Å². The summed E-state index contributed by atoms with van der Waals surface area (Å²) in [6.45, 7) is 4.84. The molecule has 0 aliphatic carbocycles. The Kier molecular flexibility index (Phi) is 7.62. The first-order valence-corrected chi connectivity index (χ1v) is 8.61. The van der Waals surface area contributed by atoms with Crippen molar-refractivity contribution in [1.82, 2.24) is 5.32 Å². The van der Waals surface area contributed by atoms with E-state index >= 15 is 0 Å². The first-order valence-electron chi connectivity index (χ1n) is 8.61. The van der Waals surface area contributed by atoms with Crippen molar-refractivity contribution in [3.63, 3.8) is 0 Å². The third-order valence-corrected chi connectivity index (χ3v) is 3.96. The largest absolute Gasteiger partial charge is 0.382 e. The lowest BCUT2D eigenvalue weighted by Gasteiger charge is -2.13. The molecule has 1 amide bonds. The number of benzene rings is 1. The summed E-state index contributed by atoms with van der Waals surface area (Å²) in [6, 6.07) is 4.46. The number of amides is 1. The number of ether oxygens (including phenoxy) is 2. The lowest BCUT2D eigenvalue weighted by Crippen LogP contribution is -2.25. The van der Waals surface area contributed by atoms with Crippen LogP contribution in [0.5, 0.6) is 0 Å². The third-order valence-electron chi connectivity index (χ3n) is 3.96. The first-order chi connectivity index (χ1) is 12.1. The van der Waals surface area contributed by atoms with E-state index in [-0.39, 0.29) is 23.3 Å². The SMILES string of the molecule is CCOCCCNC(=O)c1ccc(NCC2CCCO2)c([N+](=O)[O-])c1. The van der Waals surface area contributed by atoms with Gasteiger partial charge in [-0.2, -0.15) is 0 Å². The Labute approximate surface area is 147 Å². The number of rotatable bonds is 10. The predicted molar refractivity (Wildman–Crippen MR) is 94.0 cm³/mol. The molecule has 1 aliphatic heterocycles. The lowest BCUT2D eigenvalue weighted by molar-refractivity contribution is -0.384. The average molecular weight is 351 g/mol. The van der Waals surface area contributed by atoms with Gasteiger partial charge in [0.05, 0.1) is 11.0 Å². The molecule has 138 valence electrons. The van der Waals surface area contributed by atoms with Crippen LogP contribution in [-0.2, 0) is 9.47 Å². The maximum absolute atomic E-state index is 12.1. The van der Waals surface area contributed by atoms with Gasteiger partial charge in [0, 0.05) is 44.5 Å².